The van der Waals surface area contributed by atoms with Crippen LogP contribution < -0.4 is 5.32 Å². The molecule has 1 fully saturated rings. The summed E-state index contributed by atoms with van der Waals surface area (Å²) in [5.41, 5.74) is 0.759. The number of thioether (sulfide) groups is 1. The van der Waals surface area contributed by atoms with E-state index in [1.54, 1.807) is 0 Å². The molecule has 1 aliphatic heterocycles. The average Bonchev–Trinajstić information content (AvgIpc) is 3.03. The summed E-state index contributed by atoms with van der Waals surface area (Å²) in [6.45, 7) is 0.576. The number of hydrogen-bond acceptors (Lipinski definition) is 5. The third kappa shape index (κ3) is 8.70. The van der Waals surface area contributed by atoms with E-state index in [1.807, 2.05) is 29.7 Å². The van der Waals surface area contributed by atoms with Crippen LogP contribution in [0.1, 0.15) is 70.6 Å². The molecule has 1 heterocycles. The monoisotopic (exact) mass is 415 g/mol. The van der Waals surface area contributed by atoms with Gasteiger partial charge in [-0.25, -0.2) is 0 Å². The number of unbranched alkanes of at least 4 members (excludes halogenated alkanes) is 7. The van der Waals surface area contributed by atoms with Crippen molar-refractivity contribution in [1.82, 2.24) is 4.90 Å². The van der Waals surface area contributed by atoms with E-state index in [-0.39, 0.29) is 17.7 Å². The molecule has 1 saturated heterocycles. The van der Waals surface area contributed by atoms with Gasteiger partial charge in [0.05, 0.1) is 0 Å². The molecule has 1 aliphatic rings. The predicted octanol–water partition coefficient (Wildman–Crippen LogP) is 4.86. The molecule has 0 radical (unpaired) electrons. The Morgan fingerprint density at radius 3 is 2.07 bits per heavy atom. The molecule has 0 aromatic heterocycles. The first-order valence-electron chi connectivity index (χ1n) is 10.4. The van der Waals surface area contributed by atoms with Crippen LogP contribution in [0.15, 0.2) is 29.2 Å². The van der Waals surface area contributed by atoms with Gasteiger partial charge in [-0.1, -0.05) is 38.5 Å². The van der Waals surface area contributed by atoms with Crippen LogP contribution >= 0.6 is 11.8 Å². The van der Waals surface area contributed by atoms with E-state index < -0.39 is 0 Å². The number of thiocyanates is 1. The van der Waals surface area contributed by atoms with Gasteiger partial charge in [-0.2, -0.15) is 5.26 Å². The summed E-state index contributed by atoms with van der Waals surface area (Å²) in [5, 5.41) is 13.5. The number of amides is 3. The van der Waals surface area contributed by atoms with Gasteiger partial charge in [0.1, 0.15) is 5.40 Å². The van der Waals surface area contributed by atoms with E-state index in [0.29, 0.717) is 25.8 Å². The molecule has 7 heteroatoms. The van der Waals surface area contributed by atoms with Crippen molar-refractivity contribution >= 4 is 35.2 Å². The van der Waals surface area contributed by atoms with Gasteiger partial charge in [0, 0.05) is 36.4 Å². The fourth-order valence-electron chi connectivity index (χ4n) is 3.37. The maximum absolute atomic E-state index is 12.0. The summed E-state index contributed by atoms with van der Waals surface area (Å²) in [7, 11) is 0. The summed E-state index contributed by atoms with van der Waals surface area (Å²) in [6.07, 6.45) is 9.70. The van der Waals surface area contributed by atoms with Gasteiger partial charge < -0.3 is 5.32 Å². The highest BCUT2D eigenvalue weighted by Gasteiger charge is 2.27. The molecular weight excluding hydrogens is 386 g/mol. The zero-order chi connectivity index (χ0) is 20.9. The van der Waals surface area contributed by atoms with Crippen LogP contribution in [-0.4, -0.2) is 29.2 Å². The minimum Gasteiger partial charge on any atom is -0.326 e. The van der Waals surface area contributed by atoms with Crippen molar-refractivity contribution in [2.24, 2.45) is 0 Å². The van der Waals surface area contributed by atoms with Gasteiger partial charge >= 0.3 is 0 Å². The highest BCUT2D eigenvalue weighted by molar-refractivity contribution is 8.03. The molecule has 0 spiro atoms. The van der Waals surface area contributed by atoms with Crippen molar-refractivity contribution in [2.45, 2.75) is 75.5 Å². The normalized spacial score (nSPS) is 13.6. The Morgan fingerprint density at radius 1 is 0.931 bits per heavy atom. The number of rotatable bonds is 13. The third-order valence-corrected chi connectivity index (χ3v) is 5.59. The van der Waals surface area contributed by atoms with Crippen molar-refractivity contribution in [3.05, 3.63) is 24.3 Å². The van der Waals surface area contributed by atoms with E-state index in [1.165, 1.54) is 4.90 Å². The molecule has 6 nitrogen and oxygen atoms in total. The molecule has 1 aromatic carbocycles. The Hall–Kier alpha value is -2.33. The SMILES string of the molecule is N#CSc1ccc(NC(=O)CCCCCCCCCCN2C(=O)CCC2=O)cc1. The van der Waals surface area contributed by atoms with Crippen LogP contribution in [0.3, 0.4) is 0 Å². The smallest absolute Gasteiger partial charge is 0.229 e. The number of hydrogen-bond donors (Lipinski definition) is 1. The Kier molecular flexibility index (Phi) is 10.3. The number of imide groups is 1. The number of carbonyl (C=O) groups is 3. The van der Waals surface area contributed by atoms with Crippen molar-refractivity contribution in [2.75, 3.05) is 11.9 Å². The van der Waals surface area contributed by atoms with E-state index in [4.69, 9.17) is 5.26 Å². The molecule has 29 heavy (non-hydrogen) atoms. The number of likely N-dealkylation sites (tertiary alicyclic amines) is 1. The Morgan fingerprint density at radius 2 is 1.48 bits per heavy atom. The molecule has 0 atom stereocenters. The van der Waals surface area contributed by atoms with Gasteiger partial charge in [-0.05, 0) is 48.9 Å². The Labute approximate surface area is 177 Å². The van der Waals surface area contributed by atoms with Crippen molar-refractivity contribution in [3.63, 3.8) is 0 Å². The molecule has 0 bridgehead atoms. The summed E-state index contributed by atoms with van der Waals surface area (Å²) in [4.78, 5) is 37.2. The summed E-state index contributed by atoms with van der Waals surface area (Å²) in [6, 6.07) is 7.27. The van der Waals surface area contributed by atoms with Crippen LogP contribution in [0, 0.1) is 10.7 Å². The zero-order valence-electron chi connectivity index (χ0n) is 16.8. The first-order valence-corrected chi connectivity index (χ1v) is 11.2. The van der Waals surface area contributed by atoms with Crippen molar-refractivity contribution in [3.8, 4) is 5.40 Å². The standard InChI is InChI=1S/C22H29N3O3S/c23-17-29-19-12-10-18(11-13-19)24-20(26)9-7-5-3-1-2-4-6-8-16-25-21(27)14-15-22(25)28/h10-13H,1-9,14-16H2,(H,24,26). The fraction of sp³-hybridized carbons (Fsp3) is 0.545. The Balaban J connectivity index is 1.42. The lowest BCUT2D eigenvalue weighted by molar-refractivity contribution is -0.138. The summed E-state index contributed by atoms with van der Waals surface area (Å²) >= 11 is 1.10. The first-order chi connectivity index (χ1) is 14.1. The largest absolute Gasteiger partial charge is 0.326 e. The van der Waals surface area contributed by atoms with E-state index in [2.05, 4.69) is 5.32 Å². The van der Waals surface area contributed by atoms with Gasteiger partial charge in [0.25, 0.3) is 0 Å². The van der Waals surface area contributed by atoms with Gasteiger partial charge in [0.15, 0.2) is 0 Å². The number of carbonyl (C=O) groups excluding carboxylic acids is 3. The molecule has 3 amide bonds. The summed E-state index contributed by atoms with van der Waals surface area (Å²) in [5.74, 6) is -0.0141. The molecule has 156 valence electrons. The number of nitrogens with one attached hydrogen (secondary N) is 1. The van der Waals surface area contributed by atoms with Crippen LogP contribution in [0.5, 0.6) is 0 Å². The molecule has 0 aliphatic carbocycles. The molecular formula is C22H29N3O3S. The molecule has 1 aromatic rings. The molecule has 1 N–H and O–H groups in total. The highest BCUT2D eigenvalue weighted by atomic mass is 32.2. The molecule has 0 unspecified atom stereocenters. The quantitative estimate of drug-likeness (QED) is 0.215. The van der Waals surface area contributed by atoms with E-state index >= 15 is 0 Å². The van der Waals surface area contributed by atoms with Crippen LogP contribution in [0.2, 0.25) is 0 Å². The van der Waals surface area contributed by atoms with Gasteiger partial charge in [0.2, 0.25) is 17.7 Å². The average molecular weight is 416 g/mol. The van der Waals surface area contributed by atoms with Crippen molar-refractivity contribution < 1.29 is 14.4 Å². The minimum atomic E-state index is -0.0194. The topological polar surface area (TPSA) is 90.3 Å². The maximum atomic E-state index is 12.0. The van der Waals surface area contributed by atoms with Crippen LogP contribution in [-0.2, 0) is 14.4 Å². The number of nitrogens with zero attached hydrogens (tertiary/aromatic N) is 2. The fourth-order valence-corrected chi connectivity index (χ4v) is 3.75. The van der Waals surface area contributed by atoms with Crippen LogP contribution in [0.25, 0.3) is 0 Å². The maximum Gasteiger partial charge on any atom is 0.229 e. The highest BCUT2D eigenvalue weighted by Crippen LogP contribution is 2.19. The number of benzene rings is 1. The van der Waals surface area contributed by atoms with Crippen molar-refractivity contribution in [1.29, 1.82) is 5.26 Å². The minimum absolute atomic E-state index is 0.0194. The number of nitriles is 1. The Bertz CT molecular complexity index is 712. The van der Waals surface area contributed by atoms with Gasteiger partial charge in [-0.15, -0.1) is 0 Å². The second-order valence-corrected chi connectivity index (χ2v) is 8.14. The van der Waals surface area contributed by atoms with Gasteiger partial charge in [-0.3, -0.25) is 19.3 Å². The summed E-state index contributed by atoms with van der Waals surface area (Å²) < 4.78 is 0. The lowest BCUT2D eigenvalue weighted by Crippen LogP contribution is -2.29. The van der Waals surface area contributed by atoms with E-state index in [9.17, 15) is 14.4 Å². The van der Waals surface area contributed by atoms with Crippen LogP contribution in [0.4, 0.5) is 5.69 Å². The second kappa shape index (κ2) is 13.0. The van der Waals surface area contributed by atoms with E-state index in [0.717, 1.165) is 73.7 Å². The predicted molar refractivity (Wildman–Crippen MR) is 114 cm³/mol. The number of anilines is 1. The molecule has 2 rings (SSSR count). The lowest BCUT2D eigenvalue weighted by Gasteiger charge is -2.13. The zero-order valence-corrected chi connectivity index (χ0v) is 17.6. The first kappa shape index (κ1) is 23.0. The lowest BCUT2D eigenvalue weighted by atomic mass is 10.1. The second-order valence-electron chi connectivity index (χ2n) is 7.28. The molecule has 0 saturated carbocycles. The third-order valence-electron chi connectivity index (χ3n) is 4.99.